The van der Waals surface area contributed by atoms with Crippen LogP contribution in [0.2, 0.25) is 0 Å². The molecule has 0 spiro atoms. The van der Waals surface area contributed by atoms with Crippen molar-refractivity contribution in [1.29, 1.82) is 0 Å². The van der Waals surface area contributed by atoms with Crippen LogP contribution in [0.5, 0.6) is 0 Å². The van der Waals surface area contributed by atoms with E-state index in [0.29, 0.717) is 5.56 Å². The predicted octanol–water partition coefficient (Wildman–Crippen LogP) is 2.47. The monoisotopic (exact) mass is 220 g/mol. The average Bonchev–Trinajstić information content (AvgIpc) is 2.26. The summed E-state index contributed by atoms with van der Waals surface area (Å²) in [6.07, 6.45) is 1.35. The summed E-state index contributed by atoms with van der Waals surface area (Å²) < 4.78 is 4.84. The Kier molecular flexibility index (Phi) is 3.83. The number of hydrogen-bond acceptors (Lipinski definition) is 3. The van der Waals surface area contributed by atoms with Crippen molar-refractivity contribution in [2.24, 2.45) is 0 Å². The van der Waals surface area contributed by atoms with Gasteiger partial charge in [-0.15, -0.1) is 0 Å². The van der Waals surface area contributed by atoms with E-state index in [4.69, 9.17) is 9.84 Å². The number of benzene rings is 1. The molecule has 0 aliphatic heterocycles. The fourth-order valence-corrected chi connectivity index (χ4v) is 0.988. The topological polar surface area (TPSA) is 63.6 Å². The van der Waals surface area contributed by atoms with Crippen molar-refractivity contribution in [3.05, 3.63) is 47.2 Å². The number of carbonyl (C=O) groups excluding carboxylic acids is 1. The highest BCUT2D eigenvalue weighted by Crippen LogP contribution is 2.06. The Bertz CT molecular complexity index is 425. The zero-order valence-electron chi connectivity index (χ0n) is 9.06. The van der Waals surface area contributed by atoms with E-state index >= 15 is 0 Å². The molecule has 0 aliphatic carbocycles. The van der Waals surface area contributed by atoms with E-state index in [1.807, 2.05) is 0 Å². The minimum atomic E-state index is -1.02. The summed E-state index contributed by atoms with van der Waals surface area (Å²) >= 11 is 0. The number of ether oxygens (including phenoxy) is 1. The maximum Gasteiger partial charge on any atom is 0.342 e. The third-order valence-corrected chi connectivity index (χ3v) is 1.77. The van der Waals surface area contributed by atoms with Crippen LogP contribution in [0.3, 0.4) is 0 Å². The van der Waals surface area contributed by atoms with Gasteiger partial charge in [0.25, 0.3) is 0 Å². The Hall–Kier alpha value is -2.10. The van der Waals surface area contributed by atoms with Crippen molar-refractivity contribution in [3.63, 3.8) is 0 Å². The number of carboxylic acid groups (broad SMARTS) is 1. The molecule has 84 valence electrons. The van der Waals surface area contributed by atoms with Gasteiger partial charge in [0.2, 0.25) is 0 Å². The summed E-state index contributed by atoms with van der Waals surface area (Å²) in [5.41, 5.74) is 1.33. The molecule has 4 nitrogen and oxygen atoms in total. The van der Waals surface area contributed by atoms with Gasteiger partial charge in [-0.2, -0.15) is 0 Å². The van der Waals surface area contributed by atoms with Crippen LogP contribution in [0.15, 0.2) is 36.1 Å². The lowest BCUT2D eigenvalue weighted by atomic mass is 10.1. The number of allylic oxidation sites excluding steroid dienone is 1. The van der Waals surface area contributed by atoms with Gasteiger partial charge in [-0.1, -0.05) is 0 Å². The highest BCUT2D eigenvalue weighted by atomic mass is 16.5. The molecule has 1 aromatic carbocycles. The second-order valence-corrected chi connectivity index (χ2v) is 3.48. The molecular weight excluding hydrogens is 208 g/mol. The van der Waals surface area contributed by atoms with Crippen LogP contribution in [-0.4, -0.2) is 17.0 Å². The van der Waals surface area contributed by atoms with Gasteiger partial charge in [0.05, 0.1) is 17.4 Å². The van der Waals surface area contributed by atoms with E-state index in [1.165, 1.54) is 30.5 Å². The molecule has 0 aliphatic rings. The minimum absolute atomic E-state index is 0.138. The van der Waals surface area contributed by atoms with Crippen molar-refractivity contribution < 1.29 is 19.4 Å². The summed E-state index contributed by atoms with van der Waals surface area (Å²) in [6.45, 7) is 3.61. The second-order valence-electron chi connectivity index (χ2n) is 3.48. The predicted molar refractivity (Wildman–Crippen MR) is 58.2 cm³/mol. The van der Waals surface area contributed by atoms with Crippen LogP contribution >= 0.6 is 0 Å². The highest BCUT2D eigenvalue weighted by Gasteiger charge is 2.07. The van der Waals surface area contributed by atoms with Crippen molar-refractivity contribution in [3.8, 4) is 0 Å². The van der Waals surface area contributed by atoms with Crippen LogP contribution in [0.25, 0.3) is 0 Å². The Labute approximate surface area is 93.2 Å². The zero-order chi connectivity index (χ0) is 12.1. The molecule has 0 amide bonds. The first-order valence-corrected chi connectivity index (χ1v) is 4.68. The van der Waals surface area contributed by atoms with E-state index in [1.54, 1.807) is 13.8 Å². The van der Waals surface area contributed by atoms with Crippen LogP contribution in [-0.2, 0) is 4.74 Å². The van der Waals surface area contributed by atoms with Gasteiger partial charge in [-0.05, 0) is 43.7 Å². The van der Waals surface area contributed by atoms with Gasteiger partial charge < -0.3 is 9.84 Å². The van der Waals surface area contributed by atoms with Gasteiger partial charge in [-0.25, -0.2) is 9.59 Å². The van der Waals surface area contributed by atoms with Crippen LogP contribution < -0.4 is 0 Å². The number of carboxylic acids is 1. The zero-order valence-corrected chi connectivity index (χ0v) is 9.06. The van der Waals surface area contributed by atoms with E-state index in [-0.39, 0.29) is 5.56 Å². The molecule has 0 atom stereocenters. The SMILES string of the molecule is CC(C)=COC(=O)c1ccc(C(=O)O)cc1. The fraction of sp³-hybridized carbons (Fsp3) is 0.167. The molecular formula is C12H12O4. The molecule has 1 aromatic rings. The van der Waals surface area contributed by atoms with Gasteiger partial charge >= 0.3 is 11.9 Å². The lowest BCUT2D eigenvalue weighted by Crippen LogP contribution is -2.02. The van der Waals surface area contributed by atoms with Gasteiger partial charge in [0, 0.05) is 0 Å². The van der Waals surface area contributed by atoms with Crippen molar-refractivity contribution in [1.82, 2.24) is 0 Å². The molecule has 4 heteroatoms. The van der Waals surface area contributed by atoms with Crippen LogP contribution in [0.4, 0.5) is 0 Å². The number of aromatic carboxylic acids is 1. The quantitative estimate of drug-likeness (QED) is 0.627. The Morgan fingerprint density at radius 1 is 1.12 bits per heavy atom. The summed E-state index contributed by atoms with van der Waals surface area (Å²) in [5.74, 6) is -1.53. The molecule has 0 saturated heterocycles. The molecule has 0 aromatic heterocycles. The lowest BCUT2D eigenvalue weighted by Gasteiger charge is -2.00. The molecule has 0 saturated carbocycles. The van der Waals surface area contributed by atoms with Crippen molar-refractivity contribution in [2.75, 3.05) is 0 Å². The first kappa shape index (κ1) is 12.0. The molecule has 1 N–H and O–H groups in total. The van der Waals surface area contributed by atoms with Crippen molar-refractivity contribution in [2.45, 2.75) is 13.8 Å². The maximum absolute atomic E-state index is 11.4. The Morgan fingerprint density at radius 2 is 1.62 bits per heavy atom. The van der Waals surface area contributed by atoms with Crippen molar-refractivity contribution >= 4 is 11.9 Å². The normalized spacial score (nSPS) is 9.38. The minimum Gasteiger partial charge on any atom is -0.478 e. The molecule has 0 radical (unpaired) electrons. The molecule has 16 heavy (non-hydrogen) atoms. The molecule has 0 heterocycles. The first-order chi connectivity index (χ1) is 7.50. The first-order valence-electron chi connectivity index (χ1n) is 4.68. The van der Waals surface area contributed by atoms with Crippen LogP contribution in [0.1, 0.15) is 34.6 Å². The highest BCUT2D eigenvalue weighted by molar-refractivity contribution is 5.92. The molecule has 0 bridgehead atoms. The third-order valence-electron chi connectivity index (χ3n) is 1.77. The summed E-state index contributed by atoms with van der Waals surface area (Å²) in [6, 6.07) is 5.57. The number of esters is 1. The lowest BCUT2D eigenvalue weighted by molar-refractivity contribution is 0.0655. The summed E-state index contributed by atoms with van der Waals surface area (Å²) in [4.78, 5) is 22.0. The molecule has 0 unspecified atom stereocenters. The largest absolute Gasteiger partial charge is 0.478 e. The van der Waals surface area contributed by atoms with Crippen LogP contribution in [0, 0.1) is 0 Å². The summed E-state index contributed by atoms with van der Waals surface area (Å²) in [7, 11) is 0. The second kappa shape index (κ2) is 5.11. The van der Waals surface area contributed by atoms with E-state index < -0.39 is 11.9 Å². The Balaban J connectivity index is 2.78. The Morgan fingerprint density at radius 3 is 2.06 bits per heavy atom. The number of carbonyl (C=O) groups is 2. The smallest absolute Gasteiger partial charge is 0.342 e. The van der Waals surface area contributed by atoms with Gasteiger partial charge in [-0.3, -0.25) is 0 Å². The van der Waals surface area contributed by atoms with Gasteiger partial charge in [0.1, 0.15) is 0 Å². The molecule has 0 fully saturated rings. The van der Waals surface area contributed by atoms with E-state index in [9.17, 15) is 9.59 Å². The molecule has 1 rings (SSSR count). The van der Waals surface area contributed by atoms with E-state index in [2.05, 4.69) is 0 Å². The number of rotatable bonds is 3. The number of hydrogen-bond donors (Lipinski definition) is 1. The third kappa shape index (κ3) is 3.24. The van der Waals surface area contributed by atoms with Gasteiger partial charge in [0.15, 0.2) is 0 Å². The summed E-state index contributed by atoms with van der Waals surface area (Å²) in [5, 5.41) is 8.66. The fourth-order valence-electron chi connectivity index (χ4n) is 0.988. The van der Waals surface area contributed by atoms with E-state index in [0.717, 1.165) is 5.57 Å². The average molecular weight is 220 g/mol. The maximum atomic E-state index is 11.4. The standard InChI is InChI=1S/C12H12O4/c1-8(2)7-16-12(15)10-5-3-9(4-6-10)11(13)14/h3-7H,1-2H3,(H,13,14).